The van der Waals surface area contributed by atoms with Gasteiger partial charge in [0.2, 0.25) is 0 Å². The van der Waals surface area contributed by atoms with Crippen LogP contribution >= 0.6 is 0 Å². The van der Waals surface area contributed by atoms with Gasteiger partial charge in [-0.3, -0.25) is 4.79 Å². The Morgan fingerprint density at radius 3 is 2.22 bits per heavy atom. The summed E-state index contributed by atoms with van der Waals surface area (Å²) in [4.78, 5) is 11.1. The van der Waals surface area contributed by atoms with Crippen molar-refractivity contribution in [2.75, 3.05) is 0 Å². The molecule has 1 rings (SSSR count). The number of Topliss-reactive ketones (excluding diaryl/α,β-unsaturated/α-hetero) is 1. The highest BCUT2D eigenvalue weighted by atomic mass is 16.1. The van der Waals surface area contributed by atoms with Crippen LogP contribution in [0, 0.1) is 11.3 Å². The van der Waals surface area contributed by atoms with Crippen molar-refractivity contribution in [3.63, 3.8) is 0 Å². The standard InChI is InChI=1S/C8H14O/c1-6-4-7(9)8(2,3)5-6/h6H,4-5H2,1-3H3/t6-/m1/s1. The van der Waals surface area contributed by atoms with Gasteiger partial charge in [-0.15, -0.1) is 0 Å². The first-order valence-electron chi connectivity index (χ1n) is 3.56. The van der Waals surface area contributed by atoms with Crippen LogP contribution in [0.5, 0.6) is 0 Å². The third kappa shape index (κ3) is 1.15. The van der Waals surface area contributed by atoms with E-state index in [4.69, 9.17) is 0 Å². The molecule has 0 spiro atoms. The Hall–Kier alpha value is -0.330. The van der Waals surface area contributed by atoms with Crippen LogP contribution in [0.4, 0.5) is 0 Å². The number of rotatable bonds is 0. The molecule has 0 bridgehead atoms. The minimum Gasteiger partial charge on any atom is -0.299 e. The molecule has 0 amide bonds. The van der Waals surface area contributed by atoms with Crippen LogP contribution in [0.25, 0.3) is 0 Å². The molecule has 1 atom stereocenters. The van der Waals surface area contributed by atoms with Crippen LogP contribution in [-0.2, 0) is 4.79 Å². The molecule has 0 saturated heterocycles. The van der Waals surface area contributed by atoms with E-state index in [0.717, 1.165) is 12.8 Å². The highest BCUT2D eigenvalue weighted by Gasteiger charge is 2.36. The summed E-state index contributed by atoms with van der Waals surface area (Å²) < 4.78 is 0. The lowest BCUT2D eigenvalue weighted by molar-refractivity contribution is -0.124. The van der Waals surface area contributed by atoms with Gasteiger partial charge in [-0.05, 0) is 12.3 Å². The predicted octanol–water partition coefficient (Wildman–Crippen LogP) is 2.01. The maximum Gasteiger partial charge on any atom is 0.138 e. The second-order valence-corrected chi connectivity index (χ2v) is 3.82. The van der Waals surface area contributed by atoms with Gasteiger partial charge in [0, 0.05) is 11.8 Å². The SMILES string of the molecule is C[C@@H]1CC(=O)C(C)(C)C1. The fraction of sp³-hybridized carbons (Fsp3) is 0.875. The molecule has 0 heterocycles. The molecule has 0 N–H and O–H groups in total. The van der Waals surface area contributed by atoms with Crippen molar-refractivity contribution in [2.45, 2.75) is 33.6 Å². The molecule has 0 unspecified atom stereocenters. The maximum atomic E-state index is 11.1. The molecular formula is C8H14O. The minimum absolute atomic E-state index is 0.0145. The van der Waals surface area contributed by atoms with E-state index in [0.29, 0.717) is 11.7 Å². The van der Waals surface area contributed by atoms with E-state index < -0.39 is 0 Å². The van der Waals surface area contributed by atoms with Crippen LogP contribution < -0.4 is 0 Å². The Bertz CT molecular complexity index is 136. The van der Waals surface area contributed by atoms with Gasteiger partial charge in [0.05, 0.1) is 0 Å². The van der Waals surface area contributed by atoms with Gasteiger partial charge in [0.15, 0.2) is 0 Å². The zero-order valence-corrected chi connectivity index (χ0v) is 6.40. The molecule has 0 aromatic rings. The van der Waals surface area contributed by atoms with Crippen LogP contribution in [0.2, 0.25) is 0 Å². The molecule has 9 heavy (non-hydrogen) atoms. The van der Waals surface area contributed by atoms with Crippen LogP contribution in [0.15, 0.2) is 0 Å². The van der Waals surface area contributed by atoms with Crippen molar-refractivity contribution in [3.8, 4) is 0 Å². The van der Waals surface area contributed by atoms with E-state index >= 15 is 0 Å². The summed E-state index contributed by atoms with van der Waals surface area (Å²) >= 11 is 0. The molecule has 0 radical (unpaired) electrons. The number of hydrogen-bond donors (Lipinski definition) is 0. The number of carbonyl (C=O) groups is 1. The average Bonchev–Trinajstić information content (AvgIpc) is 1.79. The summed E-state index contributed by atoms with van der Waals surface area (Å²) in [5.41, 5.74) is -0.0145. The average molecular weight is 126 g/mol. The van der Waals surface area contributed by atoms with Crippen LogP contribution in [0.3, 0.4) is 0 Å². The molecule has 52 valence electrons. The monoisotopic (exact) mass is 126 g/mol. The highest BCUT2D eigenvalue weighted by Crippen LogP contribution is 2.37. The molecule has 0 aliphatic heterocycles. The van der Waals surface area contributed by atoms with E-state index in [9.17, 15) is 4.79 Å². The van der Waals surface area contributed by atoms with E-state index in [1.807, 2.05) is 13.8 Å². The Morgan fingerprint density at radius 1 is 1.56 bits per heavy atom. The first kappa shape index (κ1) is 6.79. The fourth-order valence-electron chi connectivity index (χ4n) is 1.65. The number of ketones is 1. The number of carbonyl (C=O) groups excluding carboxylic acids is 1. The second kappa shape index (κ2) is 1.83. The van der Waals surface area contributed by atoms with Crippen molar-refractivity contribution in [3.05, 3.63) is 0 Å². The van der Waals surface area contributed by atoms with E-state index in [1.54, 1.807) is 0 Å². The first-order valence-corrected chi connectivity index (χ1v) is 3.56. The van der Waals surface area contributed by atoms with Gasteiger partial charge >= 0.3 is 0 Å². The zero-order chi connectivity index (χ0) is 7.07. The molecule has 1 nitrogen and oxygen atoms in total. The summed E-state index contributed by atoms with van der Waals surface area (Å²) in [6, 6.07) is 0. The molecule has 0 aromatic heterocycles. The molecule has 1 heteroatoms. The topological polar surface area (TPSA) is 17.1 Å². The van der Waals surface area contributed by atoms with Crippen molar-refractivity contribution in [2.24, 2.45) is 11.3 Å². The van der Waals surface area contributed by atoms with Gasteiger partial charge in [0.25, 0.3) is 0 Å². The Morgan fingerprint density at radius 2 is 2.11 bits per heavy atom. The van der Waals surface area contributed by atoms with Crippen molar-refractivity contribution < 1.29 is 4.79 Å². The van der Waals surface area contributed by atoms with Crippen molar-refractivity contribution in [1.82, 2.24) is 0 Å². The quantitative estimate of drug-likeness (QED) is 0.485. The van der Waals surface area contributed by atoms with Crippen LogP contribution in [-0.4, -0.2) is 5.78 Å². The smallest absolute Gasteiger partial charge is 0.138 e. The molecular weight excluding hydrogens is 112 g/mol. The largest absolute Gasteiger partial charge is 0.299 e. The van der Waals surface area contributed by atoms with Crippen LogP contribution in [0.1, 0.15) is 33.6 Å². The molecule has 1 saturated carbocycles. The van der Waals surface area contributed by atoms with E-state index in [-0.39, 0.29) is 5.41 Å². The van der Waals surface area contributed by atoms with E-state index in [1.165, 1.54) is 0 Å². The minimum atomic E-state index is -0.0145. The lowest BCUT2D eigenvalue weighted by atomic mass is 9.90. The summed E-state index contributed by atoms with van der Waals surface area (Å²) in [5, 5.41) is 0. The molecule has 1 aliphatic rings. The Labute approximate surface area is 56.4 Å². The molecule has 1 aliphatic carbocycles. The van der Waals surface area contributed by atoms with Gasteiger partial charge < -0.3 is 0 Å². The maximum absolute atomic E-state index is 11.1. The predicted molar refractivity (Wildman–Crippen MR) is 37.2 cm³/mol. The summed E-state index contributed by atoms with van der Waals surface area (Å²) in [5.74, 6) is 1.06. The van der Waals surface area contributed by atoms with Gasteiger partial charge in [-0.2, -0.15) is 0 Å². The third-order valence-electron chi connectivity index (χ3n) is 2.15. The summed E-state index contributed by atoms with van der Waals surface area (Å²) in [7, 11) is 0. The van der Waals surface area contributed by atoms with Crippen molar-refractivity contribution in [1.29, 1.82) is 0 Å². The first-order chi connectivity index (χ1) is 4.02. The van der Waals surface area contributed by atoms with Gasteiger partial charge in [-0.25, -0.2) is 0 Å². The normalized spacial score (nSPS) is 33.2. The zero-order valence-electron chi connectivity index (χ0n) is 6.40. The molecule has 0 aromatic carbocycles. The van der Waals surface area contributed by atoms with E-state index in [2.05, 4.69) is 6.92 Å². The fourth-order valence-corrected chi connectivity index (χ4v) is 1.65. The molecule has 1 fully saturated rings. The highest BCUT2D eigenvalue weighted by molar-refractivity contribution is 5.86. The van der Waals surface area contributed by atoms with Gasteiger partial charge in [-0.1, -0.05) is 20.8 Å². The summed E-state index contributed by atoms with van der Waals surface area (Å²) in [6.07, 6.45) is 1.87. The second-order valence-electron chi connectivity index (χ2n) is 3.82. The van der Waals surface area contributed by atoms with Crippen molar-refractivity contribution >= 4 is 5.78 Å². The Balaban J connectivity index is 2.70. The lowest BCUT2D eigenvalue weighted by Gasteiger charge is -2.13. The third-order valence-corrected chi connectivity index (χ3v) is 2.15. The Kier molecular flexibility index (Phi) is 1.38. The lowest BCUT2D eigenvalue weighted by Crippen LogP contribution is -2.15. The van der Waals surface area contributed by atoms with Gasteiger partial charge in [0.1, 0.15) is 5.78 Å². The number of hydrogen-bond acceptors (Lipinski definition) is 1. The summed E-state index contributed by atoms with van der Waals surface area (Å²) in [6.45, 7) is 6.23.